The second-order valence-electron chi connectivity index (χ2n) is 5.59. The molecule has 1 aliphatic heterocycles. The van der Waals surface area contributed by atoms with Gasteiger partial charge in [-0.2, -0.15) is 0 Å². The molecule has 1 aromatic carbocycles. The topological polar surface area (TPSA) is 55.6 Å². The van der Waals surface area contributed by atoms with Crippen LogP contribution >= 0.6 is 15.9 Å². The monoisotopic (exact) mass is 362 g/mol. The third-order valence-electron chi connectivity index (χ3n) is 4.24. The van der Waals surface area contributed by atoms with Crippen LogP contribution < -0.4 is 9.64 Å². The van der Waals surface area contributed by atoms with E-state index < -0.39 is 0 Å². The largest absolute Gasteiger partial charge is 0.488 e. The number of halogens is 1. The van der Waals surface area contributed by atoms with Crippen LogP contribution in [0.5, 0.6) is 5.75 Å². The van der Waals surface area contributed by atoms with Gasteiger partial charge in [0.1, 0.15) is 12.9 Å². The number of oxazole rings is 1. The van der Waals surface area contributed by atoms with Gasteiger partial charge in [-0.25, -0.2) is 4.98 Å². The average Bonchev–Trinajstić information content (AvgIpc) is 2.94. The first kappa shape index (κ1) is 13.8. The standard InChI is InChI=1S/C16H15BrN2O3/c17-11-5-2-6-13-14(11)21-8-7-19(13)16(20)12-9-22-15(18-12)10-3-1-4-10/h2,5-6,9-10H,1,3-4,7-8H2. The van der Waals surface area contributed by atoms with E-state index in [0.29, 0.717) is 36.4 Å². The van der Waals surface area contributed by atoms with E-state index in [1.54, 1.807) is 4.90 Å². The maximum Gasteiger partial charge on any atom is 0.280 e. The maximum absolute atomic E-state index is 12.7. The van der Waals surface area contributed by atoms with E-state index in [1.165, 1.54) is 12.7 Å². The zero-order chi connectivity index (χ0) is 15.1. The molecule has 0 spiro atoms. The fourth-order valence-corrected chi connectivity index (χ4v) is 3.26. The molecule has 1 amide bonds. The molecule has 2 aliphatic rings. The molecular weight excluding hydrogens is 348 g/mol. The number of hydrogen-bond acceptors (Lipinski definition) is 4. The van der Waals surface area contributed by atoms with Crippen molar-refractivity contribution < 1.29 is 13.9 Å². The Morgan fingerprint density at radius 1 is 1.36 bits per heavy atom. The molecule has 1 aliphatic carbocycles. The van der Waals surface area contributed by atoms with E-state index in [4.69, 9.17) is 9.15 Å². The molecule has 22 heavy (non-hydrogen) atoms. The molecule has 4 rings (SSSR count). The Labute approximate surface area is 136 Å². The number of nitrogens with zero attached hydrogens (tertiary/aromatic N) is 2. The second kappa shape index (κ2) is 5.43. The SMILES string of the molecule is O=C(c1coc(C2CCC2)n1)N1CCOc2c(Br)cccc21. The highest BCUT2D eigenvalue weighted by molar-refractivity contribution is 9.10. The van der Waals surface area contributed by atoms with Gasteiger partial charge in [0.15, 0.2) is 17.3 Å². The molecule has 2 heterocycles. The van der Waals surface area contributed by atoms with Gasteiger partial charge in [0.2, 0.25) is 0 Å². The Kier molecular flexibility index (Phi) is 3.41. The van der Waals surface area contributed by atoms with Crippen LogP contribution in [0, 0.1) is 0 Å². The lowest BCUT2D eigenvalue weighted by Crippen LogP contribution is -2.38. The van der Waals surface area contributed by atoms with E-state index in [9.17, 15) is 4.79 Å². The molecule has 0 atom stereocenters. The van der Waals surface area contributed by atoms with Crippen LogP contribution in [-0.4, -0.2) is 24.0 Å². The lowest BCUT2D eigenvalue weighted by molar-refractivity contribution is 0.0971. The highest BCUT2D eigenvalue weighted by atomic mass is 79.9. The average molecular weight is 363 g/mol. The van der Waals surface area contributed by atoms with Crippen molar-refractivity contribution in [2.75, 3.05) is 18.1 Å². The van der Waals surface area contributed by atoms with Crippen molar-refractivity contribution in [3.63, 3.8) is 0 Å². The molecule has 1 saturated carbocycles. The Balaban J connectivity index is 1.63. The molecule has 114 valence electrons. The summed E-state index contributed by atoms with van der Waals surface area (Å²) in [5.41, 5.74) is 1.13. The molecule has 0 saturated heterocycles. The zero-order valence-electron chi connectivity index (χ0n) is 11.9. The zero-order valence-corrected chi connectivity index (χ0v) is 13.5. The van der Waals surface area contributed by atoms with Gasteiger partial charge in [-0.05, 0) is 40.9 Å². The maximum atomic E-state index is 12.7. The smallest absolute Gasteiger partial charge is 0.280 e. The molecule has 5 nitrogen and oxygen atoms in total. The highest BCUT2D eigenvalue weighted by Gasteiger charge is 2.30. The Hall–Kier alpha value is -1.82. The molecule has 0 unspecified atom stereocenters. The Morgan fingerprint density at radius 2 is 2.23 bits per heavy atom. The Bertz CT molecular complexity index is 724. The van der Waals surface area contributed by atoms with E-state index in [1.807, 2.05) is 18.2 Å². The summed E-state index contributed by atoms with van der Waals surface area (Å²) in [6.07, 6.45) is 4.88. The van der Waals surface area contributed by atoms with E-state index in [0.717, 1.165) is 23.0 Å². The molecule has 2 aromatic rings. The van der Waals surface area contributed by atoms with Crippen LogP contribution in [0.3, 0.4) is 0 Å². The van der Waals surface area contributed by atoms with Crippen LogP contribution in [-0.2, 0) is 0 Å². The van der Waals surface area contributed by atoms with E-state index in [2.05, 4.69) is 20.9 Å². The minimum atomic E-state index is -0.142. The van der Waals surface area contributed by atoms with Crippen molar-refractivity contribution in [3.8, 4) is 5.75 Å². The van der Waals surface area contributed by atoms with Crippen molar-refractivity contribution in [1.82, 2.24) is 4.98 Å². The van der Waals surface area contributed by atoms with Crippen molar-refractivity contribution in [3.05, 3.63) is 40.5 Å². The van der Waals surface area contributed by atoms with Gasteiger partial charge in [-0.1, -0.05) is 12.5 Å². The summed E-state index contributed by atoms with van der Waals surface area (Å²) in [4.78, 5) is 18.8. The van der Waals surface area contributed by atoms with Crippen molar-refractivity contribution in [1.29, 1.82) is 0 Å². The molecule has 6 heteroatoms. The fourth-order valence-electron chi connectivity index (χ4n) is 2.79. The molecule has 0 bridgehead atoms. The lowest BCUT2D eigenvalue weighted by atomic mass is 9.85. The molecular formula is C16H15BrN2O3. The van der Waals surface area contributed by atoms with Gasteiger partial charge in [-0.3, -0.25) is 9.69 Å². The minimum absolute atomic E-state index is 0.142. The third kappa shape index (κ3) is 2.22. The molecule has 0 radical (unpaired) electrons. The molecule has 1 aromatic heterocycles. The van der Waals surface area contributed by atoms with Crippen LogP contribution in [0.25, 0.3) is 0 Å². The number of rotatable bonds is 2. The first-order valence-corrected chi connectivity index (χ1v) is 8.22. The summed E-state index contributed by atoms with van der Waals surface area (Å²) in [5.74, 6) is 1.63. The number of fused-ring (bicyclic) bond motifs is 1. The highest BCUT2D eigenvalue weighted by Crippen LogP contribution is 2.39. The number of carbonyl (C=O) groups excluding carboxylic acids is 1. The van der Waals surface area contributed by atoms with Crippen molar-refractivity contribution >= 4 is 27.5 Å². The predicted octanol–water partition coefficient (Wildman–Crippen LogP) is 3.74. The number of para-hydroxylation sites is 1. The van der Waals surface area contributed by atoms with Crippen molar-refractivity contribution in [2.24, 2.45) is 0 Å². The fraction of sp³-hybridized carbons (Fsp3) is 0.375. The van der Waals surface area contributed by atoms with Crippen LogP contribution in [0.2, 0.25) is 0 Å². The summed E-state index contributed by atoms with van der Waals surface area (Å²) in [6.45, 7) is 0.975. The van der Waals surface area contributed by atoms with E-state index in [-0.39, 0.29) is 5.91 Å². The van der Waals surface area contributed by atoms with Gasteiger partial charge in [0, 0.05) is 5.92 Å². The minimum Gasteiger partial charge on any atom is -0.488 e. The number of aromatic nitrogens is 1. The van der Waals surface area contributed by atoms with Gasteiger partial charge >= 0.3 is 0 Å². The number of carbonyl (C=O) groups is 1. The van der Waals surface area contributed by atoms with Gasteiger partial charge in [-0.15, -0.1) is 0 Å². The van der Waals surface area contributed by atoms with Crippen LogP contribution in [0.1, 0.15) is 41.6 Å². The number of benzene rings is 1. The summed E-state index contributed by atoms with van der Waals surface area (Å²) >= 11 is 3.46. The summed E-state index contributed by atoms with van der Waals surface area (Å²) in [7, 11) is 0. The van der Waals surface area contributed by atoms with Gasteiger partial charge < -0.3 is 9.15 Å². The lowest BCUT2D eigenvalue weighted by Gasteiger charge is -2.29. The summed E-state index contributed by atoms with van der Waals surface area (Å²) in [6, 6.07) is 5.67. The first-order chi connectivity index (χ1) is 10.7. The normalized spacial score (nSPS) is 17.6. The second-order valence-corrected chi connectivity index (χ2v) is 6.45. The molecule has 0 N–H and O–H groups in total. The van der Waals surface area contributed by atoms with Gasteiger partial charge in [0.25, 0.3) is 5.91 Å². The van der Waals surface area contributed by atoms with Gasteiger partial charge in [0.05, 0.1) is 16.7 Å². The van der Waals surface area contributed by atoms with Crippen LogP contribution in [0.15, 0.2) is 33.4 Å². The van der Waals surface area contributed by atoms with Crippen molar-refractivity contribution in [2.45, 2.75) is 25.2 Å². The summed E-state index contributed by atoms with van der Waals surface area (Å²) in [5, 5.41) is 0. The quantitative estimate of drug-likeness (QED) is 0.816. The van der Waals surface area contributed by atoms with E-state index >= 15 is 0 Å². The number of anilines is 1. The number of amides is 1. The third-order valence-corrected chi connectivity index (χ3v) is 4.86. The van der Waals surface area contributed by atoms with Crippen LogP contribution in [0.4, 0.5) is 5.69 Å². The predicted molar refractivity (Wildman–Crippen MR) is 84.4 cm³/mol. The first-order valence-electron chi connectivity index (χ1n) is 7.42. The molecule has 1 fully saturated rings. The number of ether oxygens (including phenoxy) is 1. The Morgan fingerprint density at radius 3 is 3.00 bits per heavy atom. The summed E-state index contributed by atoms with van der Waals surface area (Å²) < 4.78 is 12.0. The number of hydrogen-bond donors (Lipinski definition) is 0.